The highest BCUT2D eigenvalue weighted by Crippen LogP contribution is 2.33. The summed E-state index contributed by atoms with van der Waals surface area (Å²) < 4.78 is 27.8. The van der Waals surface area contributed by atoms with E-state index in [1.807, 2.05) is 6.07 Å². The maximum absolute atomic E-state index is 12.8. The molecule has 2 aliphatic rings. The van der Waals surface area contributed by atoms with Crippen molar-refractivity contribution < 1.29 is 13.2 Å². The van der Waals surface area contributed by atoms with Crippen LogP contribution in [0.1, 0.15) is 41.6 Å². The molecule has 0 bridgehead atoms. The quantitative estimate of drug-likeness (QED) is 0.896. The van der Waals surface area contributed by atoms with Crippen LogP contribution in [0.4, 0.5) is 11.4 Å². The molecule has 7 heteroatoms. The van der Waals surface area contributed by atoms with E-state index in [4.69, 9.17) is 0 Å². The third kappa shape index (κ3) is 3.19. The van der Waals surface area contributed by atoms with E-state index in [1.54, 1.807) is 41.6 Å². The van der Waals surface area contributed by atoms with E-state index in [2.05, 4.69) is 9.71 Å². The Morgan fingerprint density at radius 2 is 2.00 bits per heavy atom. The molecule has 0 saturated heterocycles. The van der Waals surface area contributed by atoms with Crippen LogP contribution in [-0.2, 0) is 16.4 Å². The first kappa shape index (κ1) is 17.0. The number of rotatable bonds is 4. The highest BCUT2D eigenvalue weighted by Gasteiger charge is 2.30. The molecule has 1 aromatic heterocycles. The number of carbonyl (C=O) groups is 1. The topological polar surface area (TPSA) is 79.4 Å². The van der Waals surface area contributed by atoms with Gasteiger partial charge in [-0.05, 0) is 49.1 Å². The number of benzene rings is 1. The van der Waals surface area contributed by atoms with E-state index in [0.717, 1.165) is 30.5 Å². The molecular formula is C19H21N3O3S. The Morgan fingerprint density at radius 1 is 1.19 bits per heavy atom. The van der Waals surface area contributed by atoms with Crippen molar-refractivity contribution in [2.45, 2.75) is 37.4 Å². The van der Waals surface area contributed by atoms with Crippen molar-refractivity contribution in [3.63, 3.8) is 0 Å². The van der Waals surface area contributed by atoms with Crippen molar-refractivity contribution in [2.24, 2.45) is 0 Å². The molecule has 1 aliphatic carbocycles. The lowest BCUT2D eigenvalue weighted by atomic mass is 10.1. The van der Waals surface area contributed by atoms with Gasteiger partial charge in [-0.1, -0.05) is 18.9 Å². The second-order valence-electron chi connectivity index (χ2n) is 6.85. The van der Waals surface area contributed by atoms with Crippen LogP contribution < -0.4 is 9.62 Å². The number of amides is 1. The number of sulfonamides is 1. The van der Waals surface area contributed by atoms with Gasteiger partial charge in [-0.25, -0.2) is 8.42 Å². The van der Waals surface area contributed by atoms with Gasteiger partial charge in [-0.2, -0.15) is 0 Å². The Kier molecular flexibility index (Phi) is 4.40. The molecule has 1 amide bonds. The zero-order chi connectivity index (χ0) is 18.1. The van der Waals surface area contributed by atoms with Gasteiger partial charge >= 0.3 is 0 Å². The second kappa shape index (κ2) is 6.72. The smallest absolute Gasteiger partial charge is 0.259 e. The maximum atomic E-state index is 12.8. The minimum atomic E-state index is -3.38. The average Bonchev–Trinajstić information content (AvgIpc) is 3.32. The summed E-state index contributed by atoms with van der Waals surface area (Å²) in [5.41, 5.74) is 2.86. The predicted octanol–water partition coefficient (Wildman–Crippen LogP) is 2.97. The number of hydrogen-bond acceptors (Lipinski definition) is 4. The zero-order valence-corrected chi connectivity index (χ0v) is 15.2. The van der Waals surface area contributed by atoms with Gasteiger partial charge in [0, 0.05) is 24.6 Å². The van der Waals surface area contributed by atoms with Gasteiger partial charge in [0.25, 0.3) is 5.91 Å². The third-order valence-electron chi connectivity index (χ3n) is 5.14. The first-order chi connectivity index (χ1) is 12.5. The van der Waals surface area contributed by atoms with Crippen LogP contribution in [0.2, 0.25) is 0 Å². The van der Waals surface area contributed by atoms with Gasteiger partial charge in [0.15, 0.2) is 0 Å². The monoisotopic (exact) mass is 371 g/mol. The van der Waals surface area contributed by atoms with Crippen LogP contribution in [0, 0.1) is 0 Å². The summed E-state index contributed by atoms with van der Waals surface area (Å²) in [4.78, 5) is 18.5. The van der Waals surface area contributed by atoms with Crippen molar-refractivity contribution in [2.75, 3.05) is 16.2 Å². The molecule has 4 rings (SSSR count). The lowest BCUT2D eigenvalue weighted by Crippen LogP contribution is -2.29. The summed E-state index contributed by atoms with van der Waals surface area (Å²) in [6.07, 6.45) is 7.29. The lowest BCUT2D eigenvalue weighted by Gasteiger charge is -2.19. The minimum absolute atomic E-state index is 0.118. The molecule has 0 radical (unpaired) electrons. The Bertz CT molecular complexity index is 922. The first-order valence-corrected chi connectivity index (χ1v) is 10.5. The zero-order valence-electron chi connectivity index (χ0n) is 14.4. The molecule has 1 saturated carbocycles. The summed E-state index contributed by atoms with van der Waals surface area (Å²) in [5, 5.41) is -0.316. The van der Waals surface area contributed by atoms with Gasteiger partial charge < -0.3 is 4.90 Å². The van der Waals surface area contributed by atoms with Gasteiger partial charge in [-0.3, -0.25) is 14.5 Å². The Morgan fingerprint density at radius 3 is 2.73 bits per heavy atom. The van der Waals surface area contributed by atoms with Gasteiger partial charge in [0.05, 0.1) is 16.5 Å². The van der Waals surface area contributed by atoms with Crippen LogP contribution in [0.15, 0.2) is 42.7 Å². The van der Waals surface area contributed by atoms with Crippen LogP contribution in [0.3, 0.4) is 0 Å². The van der Waals surface area contributed by atoms with Crippen molar-refractivity contribution in [1.82, 2.24) is 4.98 Å². The van der Waals surface area contributed by atoms with E-state index in [0.29, 0.717) is 30.6 Å². The predicted molar refractivity (Wildman–Crippen MR) is 101 cm³/mol. The normalized spacial score (nSPS) is 17.3. The number of hydrogen-bond donors (Lipinski definition) is 1. The summed E-state index contributed by atoms with van der Waals surface area (Å²) >= 11 is 0. The molecule has 2 aromatic rings. The fourth-order valence-corrected chi connectivity index (χ4v) is 5.32. The SMILES string of the molecule is O=C(c1cccnc1)N1CCc2ccc(NS(=O)(=O)C3CCCC3)cc21. The fraction of sp³-hybridized carbons (Fsp3) is 0.368. The number of fused-ring (bicyclic) bond motifs is 1. The number of anilines is 2. The van der Waals surface area contributed by atoms with E-state index in [9.17, 15) is 13.2 Å². The first-order valence-electron chi connectivity index (χ1n) is 8.91. The number of carbonyl (C=O) groups excluding carboxylic acids is 1. The summed E-state index contributed by atoms with van der Waals surface area (Å²) in [6, 6.07) is 8.92. The van der Waals surface area contributed by atoms with Gasteiger partial charge in [0.2, 0.25) is 10.0 Å². The molecule has 0 unspecified atom stereocenters. The van der Waals surface area contributed by atoms with Gasteiger partial charge in [-0.15, -0.1) is 0 Å². The summed E-state index contributed by atoms with van der Waals surface area (Å²) in [6.45, 7) is 0.585. The second-order valence-corrected chi connectivity index (χ2v) is 8.81. The molecule has 0 spiro atoms. The average molecular weight is 371 g/mol. The third-order valence-corrected chi connectivity index (χ3v) is 7.00. The van der Waals surface area contributed by atoms with Crippen molar-refractivity contribution in [3.8, 4) is 0 Å². The highest BCUT2D eigenvalue weighted by molar-refractivity contribution is 7.93. The molecule has 1 fully saturated rings. The van der Waals surface area contributed by atoms with Crippen LogP contribution in [-0.4, -0.2) is 31.1 Å². The molecule has 136 valence electrons. The number of nitrogens with one attached hydrogen (secondary N) is 1. The van der Waals surface area contributed by atoms with Crippen molar-refractivity contribution in [1.29, 1.82) is 0 Å². The molecule has 2 heterocycles. The molecular weight excluding hydrogens is 350 g/mol. The molecule has 26 heavy (non-hydrogen) atoms. The standard InChI is InChI=1S/C19H21N3O3S/c23-19(15-4-3-10-20-13-15)22-11-9-14-7-8-16(12-18(14)22)21-26(24,25)17-5-1-2-6-17/h3-4,7-8,10,12-13,17,21H,1-2,5-6,9,11H2. The molecule has 1 aromatic carbocycles. The van der Waals surface area contributed by atoms with E-state index >= 15 is 0 Å². The summed E-state index contributed by atoms with van der Waals surface area (Å²) in [7, 11) is -3.38. The van der Waals surface area contributed by atoms with E-state index < -0.39 is 10.0 Å². The van der Waals surface area contributed by atoms with Crippen molar-refractivity contribution in [3.05, 3.63) is 53.9 Å². The minimum Gasteiger partial charge on any atom is -0.308 e. The van der Waals surface area contributed by atoms with E-state index in [-0.39, 0.29) is 11.2 Å². The Balaban J connectivity index is 1.59. The van der Waals surface area contributed by atoms with Gasteiger partial charge in [0.1, 0.15) is 0 Å². The molecule has 1 aliphatic heterocycles. The Labute approximate surface area is 153 Å². The van der Waals surface area contributed by atoms with Crippen LogP contribution >= 0.6 is 0 Å². The highest BCUT2D eigenvalue weighted by atomic mass is 32.2. The van der Waals surface area contributed by atoms with Crippen molar-refractivity contribution >= 4 is 27.3 Å². The largest absolute Gasteiger partial charge is 0.308 e. The number of nitrogens with zero attached hydrogens (tertiary/aromatic N) is 2. The van der Waals surface area contributed by atoms with Crippen LogP contribution in [0.25, 0.3) is 0 Å². The van der Waals surface area contributed by atoms with Crippen LogP contribution in [0.5, 0.6) is 0 Å². The number of aromatic nitrogens is 1. The van der Waals surface area contributed by atoms with E-state index in [1.165, 1.54) is 0 Å². The molecule has 1 N–H and O–H groups in total. The fourth-order valence-electron chi connectivity index (χ4n) is 3.75. The molecule has 0 atom stereocenters. The summed E-state index contributed by atoms with van der Waals surface area (Å²) in [5.74, 6) is -0.118. The molecule has 6 nitrogen and oxygen atoms in total. The maximum Gasteiger partial charge on any atom is 0.259 e. The Hall–Kier alpha value is -2.41. The lowest BCUT2D eigenvalue weighted by molar-refractivity contribution is 0.0989. The number of pyridine rings is 1.